The molecule has 0 radical (unpaired) electrons. The highest BCUT2D eigenvalue weighted by atomic mass is 19.4. The molecule has 0 spiro atoms. The number of alkyl halides is 3. The van der Waals surface area contributed by atoms with Crippen molar-refractivity contribution < 1.29 is 27.4 Å². The molecular formula is C11H11F3O3. The minimum Gasteiger partial charge on any atom is -0.465 e. The summed E-state index contributed by atoms with van der Waals surface area (Å²) in [5, 5.41) is 0. The molecule has 0 amide bonds. The number of carbonyl (C=O) groups excluding carboxylic acids is 1. The Hall–Kier alpha value is -1.56. The van der Waals surface area contributed by atoms with E-state index >= 15 is 0 Å². The molecule has 0 heterocycles. The van der Waals surface area contributed by atoms with Gasteiger partial charge in [0, 0.05) is 0 Å². The Labute approximate surface area is 96.1 Å². The second-order valence-corrected chi connectivity index (χ2v) is 3.26. The summed E-state index contributed by atoms with van der Waals surface area (Å²) in [5.74, 6) is -0.601. The molecule has 0 aromatic heterocycles. The van der Waals surface area contributed by atoms with Crippen molar-refractivity contribution in [3.8, 4) is 0 Å². The average molecular weight is 248 g/mol. The average Bonchev–Trinajstić information content (AvgIpc) is 2.27. The molecule has 0 aliphatic rings. The van der Waals surface area contributed by atoms with E-state index in [0.29, 0.717) is 5.56 Å². The van der Waals surface area contributed by atoms with Gasteiger partial charge in [0.25, 0.3) is 0 Å². The third kappa shape index (κ3) is 4.44. The first-order valence-electron chi connectivity index (χ1n) is 4.75. The highest BCUT2D eigenvalue weighted by molar-refractivity contribution is 5.90. The lowest BCUT2D eigenvalue weighted by atomic mass is 10.1. The maximum absolute atomic E-state index is 11.9. The van der Waals surface area contributed by atoms with Gasteiger partial charge in [-0.05, 0) is 11.6 Å². The van der Waals surface area contributed by atoms with E-state index in [0.717, 1.165) is 0 Å². The molecule has 1 aromatic rings. The van der Waals surface area contributed by atoms with Gasteiger partial charge in [0.2, 0.25) is 0 Å². The first kappa shape index (κ1) is 13.5. The minimum atomic E-state index is -4.37. The van der Waals surface area contributed by atoms with E-state index in [-0.39, 0.29) is 12.2 Å². The fourth-order valence-corrected chi connectivity index (χ4v) is 1.23. The molecule has 6 heteroatoms. The van der Waals surface area contributed by atoms with E-state index in [4.69, 9.17) is 0 Å². The highest BCUT2D eigenvalue weighted by Gasteiger charge is 2.27. The number of rotatable bonds is 4. The predicted molar refractivity (Wildman–Crippen MR) is 53.5 cm³/mol. The molecule has 0 unspecified atom stereocenters. The molecule has 0 aliphatic carbocycles. The molecule has 1 rings (SSSR count). The summed E-state index contributed by atoms with van der Waals surface area (Å²) in [7, 11) is 1.20. The topological polar surface area (TPSA) is 35.5 Å². The molecule has 0 N–H and O–H groups in total. The van der Waals surface area contributed by atoms with Crippen LogP contribution in [-0.4, -0.2) is 25.9 Å². The van der Waals surface area contributed by atoms with Gasteiger partial charge in [-0.15, -0.1) is 0 Å². The third-order valence-corrected chi connectivity index (χ3v) is 1.95. The maximum Gasteiger partial charge on any atom is 0.411 e. The third-order valence-electron chi connectivity index (χ3n) is 1.95. The molecule has 0 aliphatic heterocycles. The molecule has 0 atom stereocenters. The van der Waals surface area contributed by atoms with Gasteiger partial charge in [-0.1, -0.05) is 18.2 Å². The Bertz CT molecular complexity index is 388. The van der Waals surface area contributed by atoms with E-state index in [2.05, 4.69) is 9.47 Å². The number of carbonyl (C=O) groups is 1. The predicted octanol–water partition coefficient (Wildman–Crippen LogP) is 2.55. The van der Waals surface area contributed by atoms with Crippen LogP contribution in [0.15, 0.2) is 24.3 Å². The summed E-state index contributed by atoms with van der Waals surface area (Å²) in [6, 6.07) is 6.19. The van der Waals surface area contributed by atoms with Crippen molar-refractivity contribution in [2.45, 2.75) is 12.8 Å². The van der Waals surface area contributed by atoms with E-state index < -0.39 is 18.8 Å². The quantitative estimate of drug-likeness (QED) is 0.768. The van der Waals surface area contributed by atoms with Gasteiger partial charge in [-0.25, -0.2) is 4.79 Å². The van der Waals surface area contributed by atoms with Crippen LogP contribution in [0.1, 0.15) is 15.9 Å². The number of halogens is 3. The van der Waals surface area contributed by atoms with Crippen LogP contribution in [-0.2, 0) is 16.1 Å². The Morgan fingerprint density at radius 2 is 1.94 bits per heavy atom. The van der Waals surface area contributed by atoms with Gasteiger partial charge in [0.15, 0.2) is 0 Å². The highest BCUT2D eigenvalue weighted by Crippen LogP contribution is 2.17. The van der Waals surface area contributed by atoms with Gasteiger partial charge in [-0.3, -0.25) is 0 Å². The number of hydrogen-bond donors (Lipinski definition) is 0. The second-order valence-electron chi connectivity index (χ2n) is 3.26. The first-order valence-corrected chi connectivity index (χ1v) is 4.75. The molecule has 0 saturated carbocycles. The van der Waals surface area contributed by atoms with Crippen LogP contribution >= 0.6 is 0 Å². The fraction of sp³-hybridized carbons (Fsp3) is 0.364. The zero-order chi connectivity index (χ0) is 12.9. The lowest BCUT2D eigenvalue weighted by Crippen LogP contribution is -2.17. The normalized spacial score (nSPS) is 11.3. The summed E-state index contributed by atoms with van der Waals surface area (Å²) in [5.41, 5.74) is 0.570. The molecule has 0 bridgehead atoms. The van der Waals surface area contributed by atoms with E-state index in [9.17, 15) is 18.0 Å². The summed E-state index contributed by atoms with van der Waals surface area (Å²) < 4.78 is 44.6. The van der Waals surface area contributed by atoms with Gasteiger partial charge in [-0.2, -0.15) is 13.2 Å². The van der Waals surface area contributed by atoms with Gasteiger partial charge in [0.1, 0.15) is 6.61 Å². The minimum absolute atomic E-state index is 0.206. The largest absolute Gasteiger partial charge is 0.465 e. The van der Waals surface area contributed by atoms with E-state index in [1.54, 1.807) is 12.1 Å². The van der Waals surface area contributed by atoms with Crippen molar-refractivity contribution in [2.24, 2.45) is 0 Å². The Morgan fingerprint density at radius 3 is 2.53 bits per heavy atom. The molecule has 0 saturated heterocycles. The smallest absolute Gasteiger partial charge is 0.411 e. The van der Waals surface area contributed by atoms with Crippen molar-refractivity contribution in [1.82, 2.24) is 0 Å². The van der Waals surface area contributed by atoms with E-state index in [1.165, 1.54) is 19.2 Å². The van der Waals surface area contributed by atoms with Crippen molar-refractivity contribution in [3.05, 3.63) is 35.4 Å². The molecule has 17 heavy (non-hydrogen) atoms. The van der Waals surface area contributed by atoms with Crippen molar-refractivity contribution >= 4 is 5.97 Å². The second kappa shape index (κ2) is 5.67. The zero-order valence-electron chi connectivity index (χ0n) is 9.08. The SMILES string of the molecule is COC(=O)c1ccccc1COCC(F)(F)F. The first-order chi connectivity index (χ1) is 7.94. The van der Waals surface area contributed by atoms with Crippen LogP contribution < -0.4 is 0 Å². The fourth-order valence-electron chi connectivity index (χ4n) is 1.23. The van der Waals surface area contributed by atoms with Crippen molar-refractivity contribution in [1.29, 1.82) is 0 Å². The summed E-state index contributed by atoms with van der Waals surface area (Å²) >= 11 is 0. The van der Waals surface area contributed by atoms with Gasteiger partial charge >= 0.3 is 12.1 Å². The van der Waals surface area contributed by atoms with Gasteiger partial charge < -0.3 is 9.47 Å². The summed E-state index contributed by atoms with van der Waals surface area (Å²) in [6.45, 7) is -1.63. The maximum atomic E-state index is 11.9. The Morgan fingerprint density at radius 1 is 1.29 bits per heavy atom. The lowest BCUT2D eigenvalue weighted by Gasteiger charge is -2.10. The van der Waals surface area contributed by atoms with Crippen LogP contribution in [0.2, 0.25) is 0 Å². The standard InChI is InChI=1S/C11H11F3O3/c1-16-10(15)9-5-3-2-4-8(9)6-17-7-11(12,13)14/h2-5H,6-7H2,1H3. The molecule has 3 nitrogen and oxygen atoms in total. The van der Waals surface area contributed by atoms with Crippen molar-refractivity contribution in [3.63, 3.8) is 0 Å². The number of benzene rings is 1. The molecule has 1 aromatic carbocycles. The van der Waals surface area contributed by atoms with E-state index in [1.807, 2.05) is 0 Å². The van der Waals surface area contributed by atoms with Crippen LogP contribution in [0.3, 0.4) is 0 Å². The molecular weight excluding hydrogens is 237 g/mol. The molecule has 94 valence electrons. The Kier molecular flexibility index (Phi) is 4.51. The van der Waals surface area contributed by atoms with Crippen LogP contribution in [0, 0.1) is 0 Å². The lowest BCUT2D eigenvalue weighted by molar-refractivity contribution is -0.176. The van der Waals surface area contributed by atoms with Gasteiger partial charge in [0.05, 0.1) is 19.3 Å². The number of esters is 1. The van der Waals surface area contributed by atoms with Crippen LogP contribution in [0.25, 0.3) is 0 Å². The monoisotopic (exact) mass is 248 g/mol. The molecule has 0 fully saturated rings. The van der Waals surface area contributed by atoms with Crippen molar-refractivity contribution in [2.75, 3.05) is 13.7 Å². The van der Waals surface area contributed by atoms with Crippen LogP contribution in [0.4, 0.5) is 13.2 Å². The summed E-state index contributed by atoms with van der Waals surface area (Å²) in [4.78, 5) is 11.3. The van der Waals surface area contributed by atoms with Crippen LogP contribution in [0.5, 0.6) is 0 Å². The zero-order valence-corrected chi connectivity index (χ0v) is 9.08. The Balaban J connectivity index is 2.68. The number of methoxy groups -OCH3 is 1. The number of ether oxygens (including phenoxy) is 2. The number of hydrogen-bond acceptors (Lipinski definition) is 3. The summed E-state index contributed by atoms with van der Waals surface area (Å²) in [6.07, 6.45) is -4.37.